The molecule has 4 nitrogen and oxygen atoms in total. The van der Waals surface area contributed by atoms with Crippen LogP contribution in [0.3, 0.4) is 0 Å². The summed E-state index contributed by atoms with van der Waals surface area (Å²) in [6.45, 7) is 12.6. The molecule has 0 spiro atoms. The van der Waals surface area contributed by atoms with Crippen molar-refractivity contribution in [3.05, 3.63) is 23.8 Å². The van der Waals surface area contributed by atoms with Crippen LogP contribution in [0, 0.1) is 16.7 Å². The standard InChI is InChI=1S/C22H36O4/c1-7-18(24)21(4,8-2)13-19(26-14-25-6)22(5)15(3)9-10-16-11-12-17(23)20(16)22/h8,15,18-19,24H,2,7,9-14H2,1,3-6H3/t15-,18+,19-,21-,22+/m1/s1. The van der Waals surface area contributed by atoms with E-state index >= 15 is 0 Å². The van der Waals surface area contributed by atoms with Crippen LogP contribution in [0.15, 0.2) is 23.8 Å². The SMILES string of the molecule is C=C[C@](C)(C[C@@H](OCOC)[C@@]1(C)C2=C(CCC2=O)CC[C@H]1C)[C@@H](O)CC. The maximum Gasteiger partial charge on any atom is 0.159 e. The van der Waals surface area contributed by atoms with Crippen molar-refractivity contribution in [3.8, 4) is 0 Å². The summed E-state index contributed by atoms with van der Waals surface area (Å²) in [5, 5.41) is 10.6. The van der Waals surface area contributed by atoms with Crippen LogP contribution in [0.25, 0.3) is 0 Å². The second-order valence-corrected chi connectivity index (χ2v) is 8.52. The summed E-state index contributed by atoms with van der Waals surface area (Å²) in [6.07, 6.45) is 6.00. The molecule has 0 radical (unpaired) electrons. The van der Waals surface area contributed by atoms with Crippen LogP contribution in [0.2, 0.25) is 0 Å². The third kappa shape index (κ3) is 3.69. The van der Waals surface area contributed by atoms with E-state index < -0.39 is 11.5 Å². The van der Waals surface area contributed by atoms with E-state index in [-0.39, 0.29) is 24.1 Å². The number of Topliss-reactive ketones (excluding diaryl/α,β-unsaturated/α-hetero) is 1. The Morgan fingerprint density at radius 2 is 2.12 bits per heavy atom. The maximum absolute atomic E-state index is 12.8. The average molecular weight is 365 g/mol. The van der Waals surface area contributed by atoms with Crippen molar-refractivity contribution in [2.75, 3.05) is 13.9 Å². The first-order chi connectivity index (χ1) is 12.2. The molecular formula is C22H36O4. The molecule has 0 bridgehead atoms. The molecule has 2 aliphatic carbocycles. The van der Waals surface area contributed by atoms with Crippen LogP contribution in [0.4, 0.5) is 0 Å². The molecule has 0 saturated heterocycles. The molecule has 0 heterocycles. The summed E-state index contributed by atoms with van der Waals surface area (Å²) in [4.78, 5) is 12.8. The summed E-state index contributed by atoms with van der Waals surface area (Å²) in [5.74, 6) is 0.606. The number of aliphatic hydroxyl groups is 1. The van der Waals surface area contributed by atoms with E-state index in [0.29, 0.717) is 25.2 Å². The molecule has 2 aliphatic rings. The fourth-order valence-corrected chi connectivity index (χ4v) is 4.87. The van der Waals surface area contributed by atoms with Crippen molar-refractivity contribution in [2.45, 2.75) is 78.4 Å². The zero-order chi connectivity index (χ0) is 19.5. The first kappa shape index (κ1) is 21.3. The van der Waals surface area contributed by atoms with E-state index in [1.54, 1.807) is 7.11 Å². The van der Waals surface area contributed by atoms with Crippen LogP contribution in [-0.4, -0.2) is 37.0 Å². The van der Waals surface area contributed by atoms with Crippen LogP contribution in [0.1, 0.15) is 66.2 Å². The zero-order valence-electron chi connectivity index (χ0n) is 17.1. The molecule has 0 unspecified atom stereocenters. The zero-order valence-corrected chi connectivity index (χ0v) is 17.1. The van der Waals surface area contributed by atoms with Crippen molar-refractivity contribution in [1.29, 1.82) is 0 Å². The van der Waals surface area contributed by atoms with E-state index in [4.69, 9.17) is 9.47 Å². The van der Waals surface area contributed by atoms with Crippen molar-refractivity contribution in [1.82, 2.24) is 0 Å². The largest absolute Gasteiger partial charge is 0.392 e. The lowest BCUT2D eigenvalue weighted by atomic mass is 9.59. The molecule has 0 aliphatic heterocycles. The van der Waals surface area contributed by atoms with Gasteiger partial charge in [0.25, 0.3) is 0 Å². The van der Waals surface area contributed by atoms with Crippen LogP contribution in [0.5, 0.6) is 0 Å². The molecule has 0 fully saturated rings. The number of hydrogen-bond donors (Lipinski definition) is 1. The highest BCUT2D eigenvalue weighted by molar-refractivity contribution is 6.00. The van der Waals surface area contributed by atoms with Gasteiger partial charge in [-0.15, -0.1) is 6.58 Å². The number of carbonyl (C=O) groups excluding carboxylic acids is 1. The summed E-state index contributed by atoms with van der Waals surface area (Å²) in [6, 6.07) is 0. The Morgan fingerprint density at radius 3 is 2.69 bits per heavy atom. The minimum absolute atomic E-state index is 0.180. The highest BCUT2D eigenvalue weighted by Crippen LogP contribution is 2.54. The number of carbonyl (C=O) groups is 1. The quantitative estimate of drug-likeness (QED) is 0.486. The lowest BCUT2D eigenvalue weighted by molar-refractivity contribution is -0.142. The van der Waals surface area contributed by atoms with Gasteiger partial charge in [-0.2, -0.15) is 0 Å². The first-order valence-electron chi connectivity index (χ1n) is 9.92. The van der Waals surface area contributed by atoms with Crippen molar-refractivity contribution >= 4 is 5.78 Å². The number of aliphatic hydroxyl groups excluding tert-OH is 1. The van der Waals surface area contributed by atoms with Crippen LogP contribution in [-0.2, 0) is 14.3 Å². The first-order valence-corrected chi connectivity index (χ1v) is 9.92. The predicted octanol–water partition coefficient (Wildman–Crippen LogP) is 4.42. The Balaban J connectivity index is 2.45. The molecule has 5 atom stereocenters. The highest BCUT2D eigenvalue weighted by atomic mass is 16.7. The second kappa shape index (κ2) is 8.37. The van der Waals surface area contributed by atoms with Gasteiger partial charge in [-0.25, -0.2) is 0 Å². The Morgan fingerprint density at radius 1 is 1.42 bits per heavy atom. The van der Waals surface area contributed by atoms with Crippen LogP contribution >= 0.6 is 0 Å². The summed E-state index contributed by atoms with van der Waals surface area (Å²) < 4.78 is 11.4. The fraction of sp³-hybridized carbons (Fsp3) is 0.773. The van der Waals surface area contributed by atoms with Gasteiger partial charge in [0.15, 0.2) is 5.78 Å². The predicted molar refractivity (Wildman–Crippen MR) is 104 cm³/mol. The molecule has 1 N–H and O–H groups in total. The number of ketones is 1. The average Bonchev–Trinajstić information content (AvgIpc) is 3.02. The van der Waals surface area contributed by atoms with Gasteiger partial charge in [-0.1, -0.05) is 39.3 Å². The lowest BCUT2D eigenvalue weighted by Crippen LogP contribution is -2.48. The van der Waals surface area contributed by atoms with Gasteiger partial charge in [-0.05, 0) is 38.0 Å². The van der Waals surface area contributed by atoms with Crippen molar-refractivity contribution in [3.63, 3.8) is 0 Å². The summed E-state index contributed by atoms with van der Waals surface area (Å²) in [7, 11) is 1.61. The lowest BCUT2D eigenvalue weighted by Gasteiger charge is -2.48. The monoisotopic (exact) mass is 364 g/mol. The number of methoxy groups -OCH3 is 1. The molecule has 0 saturated carbocycles. The number of rotatable bonds is 9. The van der Waals surface area contributed by atoms with Gasteiger partial charge in [0.05, 0.1) is 12.2 Å². The third-order valence-corrected chi connectivity index (χ3v) is 7.02. The molecule has 0 aromatic carbocycles. The highest BCUT2D eigenvalue weighted by Gasteiger charge is 2.52. The normalized spacial score (nSPS) is 30.7. The maximum atomic E-state index is 12.8. The Kier molecular flexibility index (Phi) is 6.86. The second-order valence-electron chi connectivity index (χ2n) is 8.52. The fourth-order valence-electron chi connectivity index (χ4n) is 4.87. The number of allylic oxidation sites excluding steroid dienone is 1. The Bertz CT molecular complexity index is 566. The molecule has 26 heavy (non-hydrogen) atoms. The van der Waals surface area contributed by atoms with Gasteiger partial charge in [0.2, 0.25) is 0 Å². The van der Waals surface area contributed by atoms with Crippen LogP contribution < -0.4 is 0 Å². The van der Waals surface area contributed by atoms with E-state index in [9.17, 15) is 9.90 Å². The van der Waals surface area contributed by atoms with E-state index in [2.05, 4.69) is 20.4 Å². The van der Waals surface area contributed by atoms with Crippen molar-refractivity contribution < 1.29 is 19.4 Å². The van der Waals surface area contributed by atoms with Gasteiger partial charge in [0.1, 0.15) is 6.79 Å². The minimum Gasteiger partial charge on any atom is -0.392 e. The number of hydrogen-bond acceptors (Lipinski definition) is 4. The van der Waals surface area contributed by atoms with E-state index in [1.807, 2.05) is 19.9 Å². The van der Waals surface area contributed by atoms with Gasteiger partial charge in [-0.3, -0.25) is 4.79 Å². The minimum atomic E-state index is -0.496. The molecule has 2 rings (SSSR count). The molecule has 4 heteroatoms. The van der Waals surface area contributed by atoms with Gasteiger partial charge < -0.3 is 14.6 Å². The van der Waals surface area contributed by atoms with E-state index in [0.717, 1.165) is 24.8 Å². The van der Waals surface area contributed by atoms with Gasteiger partial charge in [0, 0.05) is 29.9 Å². The third-order valence-electron chi connectivity index (χ3n) is 7.02. The topological polar surface area (TPSA) is 55.8 Å². The van der Waals surface area contributed by atoms with Gasteiger partial charge >= 0.3 is 0 Å². The Hall–Kier alpha value is -0.970. The molecule has 0 aromatic rings. The Labute approximate surface area is 158 Å². The van der Waals surface area contributed by atoms with E-state index in [1.165, 1.54) is 5.57 Å². The molecule has 0 aromatic heterocycles. The summed E-state index contributed by atoms with van der Waals surface area (Å²) in [5.41, 5.74) is 1.47. The molecular weight excluding hydrogens is 328 g/mol. The molecule has 148 valence electrons. The van der Waals surface area contributed by atoms with Crippen molar-refractivity contribution in [2.24, 2.45) is 16.7 Å². The molecule has 0 amide bonds. The summed E-state index contributed by atoms with van der Waals surface area (Å²) >= 11 is 0. The smallest absolute Gasteiger partial charge is 0.159 e. The number of ether oxygens (including phenoxy) is 2.